The number of benzene rings is 2. The van der Waals surface area contributed by atoms with Crippen LogP contribution in [0.15, 0.2) is 48.2 Å². The Morgan fingerprint density at radius 2 is 1.96 bits per heavy atom. The van der Waals surface area contributed by atoms with Crippen LogP contribution < -0.4 is 10.1 Å². The zero-order valence-electron chi connectivity index (χ0n) is 13.3. The van der Waals surface area contributed by atoms with Gasteiger partial charge in [0.2, 0.25) is 0 Å². The number of nitrogens with one attached hydrogen (secondary N) is 1. The maximum Gasteiger partial charge on any atom is 0.276 e. The summed E-state index contributed by atoms with van der Waals surface area (Å²) in [5.74, 6) is 0.363. The Morgan fingerprint density at radius 1 is 1.20 bits per heavy atom. The molecule has 4 nitrogen and oxygen atoms in total. The fourth-order valence-electron chi connectivity index (χ4n) is 2.28. The lowest BCUT2D eigenvalue weighted by Gasteiger charge is -2.10. The molecule has 3 rings (SSSR count). The molecule has 0 saturated carbocycles. The molecule has 0 radical (unpaired) electrons. The van der Waals surface area contributed by atoms with Crippen LogP contribution in [0.2, 0.25) is 10.0 Å². The largest absolute Gasteiger partial charge is 0.487 e. The van der Waals surface area contributed by atoms with Crippen molar-refractivity contribution in [3.8, 4) is 5.75 Å². The number of amides is 1. The number of carbonyl (C=O) groups is 1. The predicted molar refractivity (Wildman–Crippen MR) is 104 cm³/mol. The lowest BCUT2D eigenvalue weighted by Crippen LogP contribution is -2.25. The molecule has 2 aromatic rings. The van der Waals surface area contributed by atoms with Gasteiger partial charge in [0.15, 0.2) is 5.11 Å². The highest BCUT2D eigenvalue weighted by molar-refractivity contribution is 7.80. The van der Waals surface area contributed by atoms with Crippen LogP contribution in [0.25, 0.3) is 6.08 Å². The van der Waals surface area contributed by atoms with E-state index in [0.29, 0.717) is 33.2 Å². The predicted octanol–water partition coefficient (Wildman–Crippen LogP) is 4.26. The van der Waals surface area contributed by atoms with Crippen molar-refractivity contribution in [3.05, 3.63) is 69.3 Å². The Kier molecular flexibility index (Phi) is 5.27. The van der Waals surface area contributed by atoms with E-state index in [1.807, 2.05) is 30.3 Å². The minimum Gasteiger partial charge on any atom is -0.487 e. The first-order chi connectivity index (χ1) is 12.0. The van der Waals surface area contributed by atoms with Crippen molar-refractivity contribution in [1.29, 1.82) is 0 Å². The summed E-state index contributed by atoms with van der Waals surface area (Å²) in [4.78, 5) is 13.4. The summed E-state index contributed by atoms with van der Waals surface area (Å²) in [6.07, 6.45) is 1.70. The highest BCUT2D eigenvalue weighted by Gasteiger charge is 2.26. The van der Waals surface area contributed by atoms with Gasteiger partial charge in [-0.25, -0.2) is 0 Å². The van der Waals surface area contributed by atoms with Crippen LogP contribution in [0, 0.1) is 0 Å². The standard InChI is InChI=1S/C18H14Cl2N2O2S/c1-22-17(23)15(21-18(22)25)9-11-6-7-16(14(20)8-11)24-10-12-4-2-3-5-13(12)19/h2-9H,10H2,1H3,(H,21,25). The Morgan fingerprint density at radius 3 is 2.60 bits per heavy atom. The normalized spacial score (nSPS) is 15.6. The Bertz CT molecular complexity index is 883. The number of nitrogens with zero attached hydrogens (tertiary/aromatic N) is 1. The fraction of sp³-hybridized carbons (Fsp3) is 0.111. The van der Waals surface area contributed by atoms with Crippen molar-refractivity contribution < 1.29 is 9.53 Å². The fourth-order valence-corrected chi connectivity index (χ4v) is 2.91. The molecule has 0 bridgehead atoms. The minimum absolute atomic E-state index is 0.180. The smallest absolute Gasteiger partial charge is 0.276 e. The third-order valence-corrected chi connectivity index (χ3v) is 4.73. The molecule has 1 aliphatic rings. The van der Waals surface area contributed by atoms with Crippen LogP contribution in [0.3, 0.4) is 0 Å². The summed E-state index contributed by atoms with van der Waals surface area (Å²) in [6, 6.07) is 12.8. The summed E-state index contributed by atoms with van der Waals surface area (Å²) in [5.41, 5.74) is 2.06. The number of likely N-dealkylation sites (N-methyl/N-ethyl adjacent to an activating group) is 1. The molecule has 1 heterocycles. The number of thiocarbonyl (C=S) groups is 1. The number of carbonyl (C=O) groups excluding carboxylic acids is 1. The third kappa shape index (κ3) is 3.95. The van der Waals surface area contributed by atoms with Gasteiger partial charge in [-0.2, -0.15) is 0 Å². The monoisotopic (exact) mass is 392 g/mol. The van der Waals surface area contributed by atoms with Crippen molar-refractivity contribution in [2.75, 3.05) is 7.05 Å². The Balaban J connectivity index is 1.74. The molecular weight excluding hydrogens is 379 g/mol. The lowest BCUT2D eigenvalue weighted by atomic mass is 10.2. The van der Waals surface area contributed by atoms with Crippen molar-refractivity contribution >= 4 is 52.5 Å². The van der Waals surface area contributed by atoms with Gasteiger partial charge in [-0.05, 0) is 42.1 Å². The zero-order chi connectivity index (χ0) is 18.0. The van der Waals surface area contributed by atoms with Crippen LogP contribution in [-0.2, 0) is 11.4 Å². The molecule has 7 heteroatoms. The lowest BCUT2D eigenvalue weighted by molar-refractivity contribution is -0.121. The van der Waals surface area contributed by atoms with E-state index in [1.54, 1.807) is 25.3 Å². The second-order valence-electron chi connectivity index (χ2n) is 5.42. The van der Waals surface area contributed by atoms with E-state index in [-0.39, 0.29) is 5.91 Å². The minimum atomic E-state index is -0.180. The van der Waals surface area contributed by atoms with Crippen LogP contribution in [0.1, 0.15) is 11.1 Å². The second kappa shape index (κ2) is 7.44. The molecule has 1 amide bonds. The number of hydrogen-bond donors (Lipinski definition) is 1. The Hall–Kier alpha value is -2.08. The van der Waals surface area contributed by atoms with Gasteiger partial charge < -0.3 is 10.1 Å². The van der Waals surface area contributed by atoms with Crippen molar-refractivity contribution in [1.82, 2.24) is 10.2 Å². The average Bonchev–Trinajstić information content (AvgIpc) is 2.82. The van der Waals surface area contributed by atoms with Crippen molar-refractivity contribution in [3.63, 3.8) is 0 Å². The molecule has 0 atom stereocenters. The average molecular weight is 393 g/mol. The molecule has 25 heavy (non-hydrogen) atoms. The van der Waals surface area contributed by atoms with Crippen LogP contribution >= 0.6 is 35.4 Å². The first-order valence-corrected chi connectivity index (χ1v) is 8.58. The van der Waals surface area contributed by atoms with Gasteiger partial charge in [-0.15, -0.1) is 0 Å². The summed E-state index contributed by atoms with van der Waals surface area (Å²) >= 11 is 17.4. The van der Waals surface area contributed by atoms with E-state index in [2.05, 4.69) is 5.32 Å². The van der Waals surface area contributed by atoms with Crippen molar-refractivity contribution in [2.24, 2.45) is 0 Å². The highest BCUT2D eigenvalue weighted by atomic mass is 35.5. The molecule has 1 saturated heterocycles. The maximum absolute atomic E-state index is 12.0. The second-order valence-corrected chi connectivity index (χ2v) is 6.62. The molecule has 0 aliphatic carbocycles. The molecule has 2 aromatic carbocycles. The van der Waals surface area contributed by atoms with Gasteiger partial charge >= 0.3 is 0 Å². The van der Waals surface area contributed by atoms with Gasteiger partial charge in [0.25, 0.3) is 5.91 Å². The van der Waals surface area contributed by atoms with Gasteiger partial charge in [0, 0.05) is 17.6 Å². The first-order valence-electron chi connectivity index (χ1n) is 7.42. The number of hydrogen-bond acceptors (Lipinski definition) is 3. The summed E-state index contributed by atoms with van der Waals surface area (Å²) in [5, 5.41) is 4.34. The molecule has 1 fully saturated rings. The Labute approximate surface area is 161 Å². The topological polar surface area (TPSA) is 41.6 Å². The first kappa shape index (κ1) is 17.7. The number of halogens is 2. The zero-order valence-corrected chi connectivity index (χ0v) is 15.6. The highest BCUT2D eigenvalue weighted by Crippen LogP contribution is 2.28. The van der Waals surface area contributed by atoms with Gasteiger partial charge in [-0.1, -0.05) is 47.5 Å². The van der Waals surface area contributed by atoms with Gasteiger partial charge in [0.05, 0.1) is 5.02 Å². The van der Waals surface area contributed by atoms with Gasteiger partial charge in [0.1, 0.15) is 18.1 Å². The van der Waals surface area contributed by atoms with E-state index in [4.69, 9.17) is 40.2 Å². The maximum atomic E-state index is 12.0. The molecular formula is C18H14Cl2N2O2S. The van der Waals surface area contributed by atoms with E-state index < -0.39 is 0 Å². The molecule has 0 unspecified atom stereocenters. The van der Waals surface area contributed by atoms with E-state index in [1.165, 1.54) is 4.90 Å². The van der Waals surface area contributed by atoms with Gasteiger partial charge in [-0.3, -0.25) is 9.69 Å². The van der Waals surface area contributed by atoms with Crippen LogP contribution in [0.5, 0.6) is 5.75 Å². The van der Waals surface area contributed by atoms with E-state index in [0.717, 1.165) is 11.1 Å². The van der Waals surface area contributed by atoms with Crippen LogP contribution in [-0.4, -0.2) is 23.0 Å². The summed E-state index contributed by atoms with van der Waals surface area (Å²) in [7, 11) is 1.62. The summed E-state index contributed by atoms with van der Waals surface area (Å²) in [6.45, 7) is 0.318. The quantitative estimate of drug-likeness (QED) is 0.623. The molecule has 0 aromatic heterocycles. The molecule has 0 spiro atoms. The SMILES string of the molecule is CN1C(=O)C(=Cc2ccc(OCc3ccccc3Cl)c(Cl)c2)NC1=S. The molecule has 128 valence electrons. The number of rotatable bonds is 4. The van der Waals surface area contributed by atoms with Crippen LogP contribution in [0.4, 0.5) is 0 Å². The molecule has 1 N–H and O–H groups in total. The van der Waals surface area contributed by atoms with E-state index in [9.17, 15) is 4.79 Å². The number of ether oxygens (including phenoxy) is 1. The third-order valence-electron chi connectivity index (χ3n) is 3.69. The van der Waals surface area contributed by atoms with Crippen molar-refractivity contribution in [2.45, 2.75) is 6.61 Å². The van der Waals surface area contributed by atoms with E-state index >= 15 is 0 Å². The molecule has 1 aliphatic heterocycles. The summed E-state index contributed by atoms with van der Waals surface area (Å²) < 4.78 is 5.74.